The zero-order valence-corrected chi connectivity index (χ0v) is 25.0. The summed E-state index contributed by atoms with van der Waals surface area (Å²) in [5, 5.41) is 0. The minimum Gasteiger partial charge on any atom is -0.496 e. The van der Waals surface area contributed by atoms with Crippen LogP contribution in [-0.2, 0) is 36.0 Å². The highest BCUT2D eigenvalue weighted by atomic mass is 32.2. The molecule has 0 heterocycles. The van der Waals surface area contributed by atoms with Crippen LogP contribution in [0.3, 0.4) is 0 Å². The van der Waals surface area contributed by atoms with Crippen molar-refractivity contribution < 1.29 is 17.5 Å². The highest BCUT2D eigenvalue weighted by molar-refractivity contribution is 7.89. The molecule has 5 rings (SSSR count). The Hall–Kier alpha value is -3.52. The first-order valence-electron chi connectivity index (χ1n) is 14.6. The van der Waals surface area contributed by atoms with E-state index in [4.69, 9.17) is 4.74 Å². The number of halogens is 1. The van der Waals surface area contributed by atoms with Crippen LogP contribution in [0.15, 0.2) is 108 Å². The molecule has 1 atom stereocenters. The predicted molar refractivity (Wildman–Crippen MR) is 165 cm³/mol. The molecule has 5 nitrogen and oxygen atoms in total. The molecule has 4 aromatic rings. The number of rotatable bonds is 13. The molecule has 0 bridgehead atoms. The van der Waals surface area contributed by atoms with Crippen LogP contribution >= 0.6 is 0 Å². The van der Waals surface area contributed by atoms with Gasteiger partial charge in [0.1, 0.15) is 11.6 Å². The Bertz CT molecular complexity index is 1520. The van der Waals surface area contributed by atoms with E-state index in [-0.39, 0.29) is 11.4 Å². The van der Waals surface area contributed by atoms with Crippen LogP contribution in [-0.4, -0.2) is 44.4 Å². The fourth-order valence-corrected chi connectivity index (χ4v) is 7.38. The Kier molecular flexibility index (Phi) is 10.1. The Morgan fingerprint density at radius 3 is 2.14 bits per heavy atom. The Labute approximate surface area is 249 Å². The van der Waals surface area contributed by atoms with Crippen molar-refractivity contribution in [1.82, 2.24) is 9.21 Å². The number of fused-ring (bicyclic) bond motifs is 1. The van der Waals surface area contributed by atoms with Gasteiger partial charge in [0.2, 0.25) is 10.0 Å². The minimum absolute atomic E-state index is 0.107. The van der Waals surface area contributed by atoms with Crippen molar-refractivity contribution in [2.45, 2.75) is 43.7 Å². The Morgan fingerprint density at radius 2 is 1.48 bits per heavy atom. The van der Waals surface area contributed by atoms with E-state index in [2.05, 4.69) is 41.3 Å². The van der Waals surface area contributed by atoms with Crippen LogP contribution < -0.4 is 4.74 Å². The van der Waals surface area contributed by atoms with Gasteiger partial charge < -0.3 is 4.74 Å². The average Bonchev–Trinajstić information content (AvgIpc) is 3.01. The summed E-state index contributed by atoms with van der Waals surface area (Å²) in [4.78, 5) is 2.57. The minimum atomic E-state index is -3.81. The lowest BCUT2D eigenvalue weighted by molar-refractivity contribution is 0.203. The van der Waals surface area contributed by atoms with Crippen molar-refractivity contribution in [3.63, 3.8) is 0 Å². The summed E-state index contributed by atoms with van der Waals surface area (Å²) in [6.07, 6.45) is 3.80. The molecule has 0 saturated heterocycles. The molecule has 1 aliphatic rings. The smallest absolute Gasteiger partial charge is 0.243 e. The molecule has 0 aromatic heterocycles. The first kappa shape index (κ1) is 30.0. The highest BCUT2D eigenvalue weighted by Crippen LogP contribution is 2.33. The lowest BCUT2D eigenvalue weighted by Gasteiger charge is -2.32. The van der Waals surface area contributed by atoms with Crippen molar-refractivity contribution in [2.75, 3.05) is 26.7 Å². The van der Waals surface area contributed by atoms with Crippen LogP contribution in [0.25, 0.3) is 0 Å². The summed E-state index contributed by atoms with van der Waals surface area (Å²) < 4.78 is 48.2. The molecule has 0 fully saturated rings. The zero-order valence-electron chi connectivity index (χ0n) is 24.2. The molecule has 0 amide bonds. The van der Waals surface area contributed by atoms with Crippen molar-refractivity contribution >= 4 is 10.0 Å². The Morgan fingerprint density at radius 1 is 0.810 bits per heavy atom. The molecule has 220 valence electrons. The second-order valence-electron chi connectivity index (χ2n) is 11.1. The maximum atomic E-state index is 13.7. The predicted octanol–water partition coefficient (Wildman–Crippen LogP) is 6.72. The van der Waals surface area contributed by atoms with Gasteiger partial charge in [-0.15, -0.1) is 0 Å². The molecule has 7 heteroatoms. The van der Waals surface area contributed by atoms with E-state index >= 15 is 0 Å². The average molecular weight is 587 g/mol. The summed E-state index contributed by atoms with van der Waals surface area (Å²) in [6.45, 7) is 3.11. The van der Waals surface area contributed by atoms with E-state index < -0.39 is 15.8 Å². The molecule has 1 aliphatic carbocycles. The van der Waals surface area contributed by atoms with Gasteiger partial charge in [-0.2, -0.15) is 4.31 Å². The van der Waals surface area contributed by atoms with Gasteiger partial charge in [0.05, 0.1) is 12.0 Å². The number of ether oxygens (including phenoxy) is 1. The molecule has 42 heavy (non-hydrogen) atoms. The van der Waals surface area contributed by atoms with Crippen molar-refractivity contribution in [1.29, 1.82) is 0 Å². The number of nitrogens with zero attached hydrogens (tertiary/aromatic N) is 2. The first-order valence-corrected chi connectivity index (χ1v) is 16.1. The summed E-state index contributed by atoms with van der Waals surface area (Å²) in [5.74, 6) is 0.998. The summed E-state index contributed by atoms with van der Waals surface area (Å²) >= 11 is 0. The summed E-state index contributed by atoms with van der Waals surface area (Å²) in [6, 6.07) is 31.5. The number of hydrogen-bond acceptors (Lipinski definition) is 4. The van der Waals surface area contributed by atoms with Gasteiger partial charge in [0.15, 0.2) is 0 Å². The molecule has 0 saturated carbocycles. The third-order valence-electron chi connectivity index (χ3n) is 8.07. The quantitative estimate of drug-likeness (QED) is 0.175. The maximum absolute atomic E-state index is 13.7. The standard InChI is InChI=1S/C35H39FN2O3S/c1-41-35-15-8-14-31-17-16-30(24-34(31)35)26-37(25-28-10-4-2-5-11-28)22-9-23-38(27-29-12-6-3-7-13-29)42(39,40)33-20-18-32(36)19-21-33/h2-8,10-15,18-21,30H,9,16-17,22-27H2,1H3. The van der Waals surface area contributed by atoms with Crippen molar-refractivity contribution in [2.24, 2.45) is 5.92 Å². The lowest BCUT2D eigenvalue weighted by Crippen LogP contribution is -2.36. The molecule has 0 aliphatic heterocycles. The van der Waals surface area contributed by atoms with E-state index in [1.807, 2.05) is 42.5 Å². The number of hydrogen-bond donors (Lipinski definition) is 0. The monoisotopic (exact) mass is 586 g/mol. The van der Waals surface area contributed by atoms with Crippen LogP contribution in [0, 0.1) is 11.7 Å². The lowest BCUT2D eigenvalue weighted by atomic mass is 9.83. The summed E-state index contributed by atoms with van der Waals surface area (Å²) in [7, 11) is -2.07. The number of methoxy groups -OCH3 is 1. The van der Waals surface area contributed by atoms with Crippen molar-refractivity contribution in [3.8, 4) is 5.75 Å². The molecule has 0 radical (unpaired) electrons. The van der Waals surface area contributed by atoms with Crippen LogP contribution in [0.5, 0.6) is 5.75 Å². The molecular formula is C35H39FN2O3S. The van der Waals surface area contributed by atoms with Gasteiger partial charge in [-0.3, -0.25) is 4.90 Å². The van der Waals surface area contributed by atoms with Gasteiger partial charge >= 0.3 is 0 Å². The van der Waals surface area contributed by atoms with E-state index in [0.29, 0.717) is 18.9 Å². The van der Waals surface area contributed by atoms with Crippen molar-refractivity contribution in [3.05, 3.63) is 131 Å². The van der Waals surface area contributed by atoms with E-state index in [0.717, 1.165) is 50.2 Å². The Balaban J connectivity index is 1.31. The molecule has 0 N–H and O–H groups in total. The highest BCUT2D eigenvalue weighted by Gasteiger charge is 2.26. The van der Waals surface area contributed by atoms with Gasteiger partial charge in [-0.05, 0) is 90.7 Å². The fourth-order valence-electron chi connectivity index (χ4n) is 5.91. The first-order chi connectivity index (χ1) is 20.4. The second kappa shape index (κ2) is 14.1. The van der Waals surface area contributed by atoms with E-state index in [9.17, 15) is 12.8 Å². The molecule has 4 aromatic carbocycles. The summed E-state index contributed by atoms with van der Waals surface area (Å²) in [5.41, 5.74) is 4.85. The number of sulfonamides is 1. The molecule has 1 unspecified atom stereocenters. The van der Waals surface area contributed by atoms with Crippen LogP contribution in [0.2, 0.25) is 0 Å². The number of aryl methyl sites for hydroxylation is 1. The SMILES string of the molecule is COc1cccc2c1CC(CN(CCCN(Cc1ccccc1)S(=O)(=O)c1ccc(F)cc1)Cc1ccccc1)CC2. The van der Waals surface area contributed by atoms with Gasteiger partial charge in [0, 0.05) is 26.2 Å². The second-order valence-corrected chi connectivity index (χ2v) is 13.0. The van der Waals surface area contributed by atoms with Gasteiger partial charge in [-0.25, -0.2) is 12.8 Å². The third-order valence-corrected chi connectivity index (χ3v) is 9.92. The molecular weight excluding hydrogens is 547 g/mol. The van der Waals surface area contributed by atoms with Crippen LogP contribution in [0.1, 0.15) is 35.1 Å². The van der Waals surface area contributed by atoms with Gasteiger partial charge in [0.25, 0.3) is 0 Å². The van der Waals surface area contributed by atoms with Gasteiger partial charge in [-0.1, -0.05) is 72.8 Å². The maximum Gasteiger partial charge on any atom is 0.243 e. The van der Waals surface area contributed by atoms with E-state index in [1.54, 1.807) is 7.11 Å². The topological polar surface area (TPSA) is 49.9 Å². The molecule has 0 spiro atoms. The number of benzene rings is 4. The largest absolute Gasteiger partial charge is 0.496 e. The fraction of sp³-hybridized carbons (Fsp3) is 0.314. The third kappa shape index (κ3) is 7.65. The zero-order chi connectivity index (χ0) is 29.4. The van der Waals surface area contributed by atoms with Crippen LogP contribution in [0.4, 0.5) is 4.39 Å². The normalized spacial score (nSPS) is 15.1. The van der Waals surface area contributed by atoms with E-state index in [1.165, 1.54) is 45.3 Å².